The number of benzene rings is 1. The van der Waals surface area contributed by atoms with Gasteiger partial charge in [0.05, 0.1) is 5.03 Å². The number of thioether (sulfide) groups is 1. The number of nitrogens with zero attached hydrogens (tertiary/aromatic N) is 1. The quantitative estimate of drug-likeness (QED) is 0.719. The number of nitrogens with one attached hydrogen (secondary N) is 1. The van der Waals surface area contributed by atoms with Crippen molar-refractivity contribution in [1.29, 1.82) is 0 Å². The molecule has 1 aromatic carbocycles. The summed E-state index contributed by atoms with van der Waals surface area (Å²) in [5, 5.41) is 5.30. The fourth-order valence-corrected chi connectivity index (χ4v) is 2.87. The Labute approximate surface area is 136 Å². The van der Waals surface area contributed by atoms with E-state index >= 15 is 0 Å². The van der Waals surface area contributed by atoms with Crippen molar-refractivity contribution in [3.05, 3.63) is 58.7 Å². The molecule has 4 heteroatoms. The smallest absolute Gasteiger partial charge is 0.0963 e. The van der Waals surface area contributed by atoms with Crippen LogP contribution in [0.4, 0.5) is 0 Å². The van der Waals surface area contributed by atoms with Gasteiger partial charge in [0, 0.05) is 23.0 Å². The van der Waals surface area contributed by atoms with Gasteiger partial charge in [-0.1, -0.05) is 36.7 Å². The predicted molar refractivity (Wildman–Crippen MR) is 92.0 cm³/mol. The van der Waals surface area contributed by atoms with E-state index in [1.807, 2.05) is 18.3 Å². The van der Waals surface area contributed by atoms with Crippen LogP contribution in [-0.2, 0) is 5.75 Å². The van der Waals surface area contributed by atoms with Crippen molar-refractivity contribution in [3.63, 3.8) is 0 Å². The molecule has 1 heterocycles. The molecule has 2 nitrogen and oxygen atoms in total. The first-order chi connectivity index (χ1) is 10.2. The summed E-state index contributed by atoms with van der Waals surface area (Å²) in [6.45, 7) is 5.38. The Morgan fingerprint density at radius 3 is 2.57 bits per heavy atom. The second-order valence-electron chi connectivity index (χ2n) is 5.02. The van der Waals surface area contributed by atoms with Gasteiger partial charge >= 0.3 is 0 Å². The molecule has 0 amide bonds. The molecule has 1 aromatic heterocycles. The molecule has 0 aliphatic heterocycles. The molecule has 0 spiro atoms. The van der Waals surface area contributed by atoms with Gasteiger partial charge in [0.25, 0.3) is 0 Å². The first-order valence-electron chi connectivity index (χ1n) is 7.25. The van der Waals surface area contributed by atoms with Crippen LogP contribution in [0.1, 0.15) is 37.4 Å². The largest absolute Gasteiger partial charge is 0.310 e. The topological polar surface area (TPSA) is 24.9 Å². The summed E-state index contributed by atoms with van der Waals surface area (Å²) in [4.78, 5) is 4.54. The molecule has 21 heavy (non-hydrogen) atoms. The van der Waals surface area contributed by atoms with Gasteiger partial charge in [-0.25, -0.2) is 4.98 Å². The third-order valence-electron chi connectivity index (χ3n) is 3.26. The maximum absolute atomic E-state index is 5.89. The number of hydrogen-bond donors (Lipinski definition) is 1. The highest BCUT2D eigenvalue weighted by Crippen LogP contribution is 2.23. The third kappa shape index (κ3) is 5.34. The van der Waals surface area contributed by atoms with Gasteiger partial charge in [-0.2, -0.15) is 0 Å². The van der Waals surface area contributed by atoms with E-state index in [1.54, 1.807) is 11.8 Å². The Morgan fingerprint density at radius 2 is 1.95 bits per heavy atom. The standard InChI is InChI=1S/C17H21ClN2S/c1-3-10-19-13(2)15-6-9-17(20-11-15)21-12-14-4-7-16(18)8-5-14/h4-9,11,13,19H,3,10,12H2,1-2H3. The predicted octanol–water partition coefficient (Wildman–Crippen LogP) is 5.09. The lowest BCUT2D eigenvalue weighted by atomic mass is 10.1. The number of pyridine rings is 1. The number of aromatic nitrogens is 1. The summed E-state index contributed by atoms with van der Waals surface area (Å²) in [5.41, 5.74) is 2.49. The summed E-state index contributed by atoms with van der Waals surface area (Å²) in [5.74, 6) is 0.910. The Kier molecular flexibility index (Phi) is 6.55. The van der Waals surface area contributed by atoms with E-state index in [0.29, 0.717) is 6.04 Å². The minimum atomic E-state index is 0.354. The zero-order valence-electron chi connectivity index (χ0n) is 12.5. The third-order valence-corrected chi connectivity index (χ3v) is 4.53. The average molecular weight is 321 g/mol. The van der Waals surface area contributed by atoms with Crippen molar-refractivity contribution in [2.75, 3.05) is 6.54 Å². The van der Waals surface area contributed by atoms with Crippen molar-refractivity contribution in [2.45, 2.75) is 37.1 Å². The molecule has 1 unspecified atom stereocenters. The van der Waals surface area contributed by atoms with Gasteiger partial charge in [-0.15, -0.1) is 11.8 Å². The molecule has 2 aromatic rings. The Morgan fingerprint density at radius 1 is 1.19 bits per heavy atom. The zero-order chi connectivity index (χ0) is 15.1. The van der Waals surface area contributed by atoms with Gasteiger partial charge in [-0.05, 0) is 49.2 Å². The Hall–Kier alpha value is -1.03. The van der Waals surface area contributed by atoms with Gasteiger partial charge < -0.3 is 5.32 Å². The van der Waals surface area contributed by atoms with Crippen molar-refractivity contribution in [2.24, 2.45) is 0 Å². The molecule has 0 radical (unpaired) electrons. The molecule has 0 bridgehead atoms. The fourth-order valence-electron chi connectivity index (χ4n) is 1.95. The Balaban J connectivity index is 1.88. The van der Waals surface area contributed by atoms with E-state index in [9.17, 15) is 0 Å². The van der Waals surface area contributed by atoms with Crippen LogP contribution in [0.5, 0.6) is 0 Å². The first-order valence-corrected chi connectivity index (χ1v) is 8.62. The lowest BCUT2D eigenvalue weighted by molar-refractivity contribution is 0.568. The monoisotopic (exact) mass is 320 g/mol. The van der Waals surface area contributed by atoms with E-state index in [-0.39, 0.29) is 0 Å². The second kappa shape index (κ2) is 8.42. The highest BCUT2D eigenvalue weighted by atomic mass is 35.5. The summed E-state index contributed by atoms with van der Waals surface area (Å²) >= 11 is 7.63. The van der Waals surface area contributed by atoms with E-state index in [0.717, 1.165) is 28.8 Å². The highest BCUT2D eigenvalue weighted by molar-refractivity contribution is 7.98. The summed E-state index contributed by atoms with van der Waals surface area (Å²) in [6.07, 6.45) is 3.12. The SMILES string of the molecule is CCCNC(C)c1ccc(SCc2ccc(Cl)cc2)nc1. The van der Waals surface area contributed by atoms with Crippen molar-refractivity contribution < 1.29 is 0 Å². The molecule has 0 saturated heterocycles. The lowest BCUT2D eigenvalue weighted by Crippen LogP contribution is -2.19. The van der Waals surface area contributed by atoms with E-state index in [4.69, 9.17) is 11.6 Å². The van der Waals surface area contributed by atoms with E-state index in [1.165, 1.54) is 11.1 Å². The second-order valence-corrected chi connectivity index (χ2v) is 6.45. The van der Waals surface area contributed by atoms with E-state index < -0.39 is 0 Å². The maximum Gasteiger partial charge on any atom is 0.0963 e. The minimum absolute atomic E-state index is 0.354. The fraction of sp³-hybridized carbons (Fsp3) is 0.353. The molecule has 2 rings (SSSR count). The zero-order valence-corrected chi connectivity index (χ0v) is 14.0. The van der Waals surface area contributed by atoms with Gasteiger partial charge in [-0.3, -0.25) is 0 Å². The van der Waals surface area contributed by atoms with Crippen molar-refractivity contribution in [3.8, 4) is 0 Å². The molecule has 0 saturated carbocycles. The molecule has 0 aliphatic carbocycles. The van der Waals surface area contributed by atoms with E-state index in [2.05, 4.69) is 48.4 Å². The van der Waals surface area contributed by atoms with Crippen molar-refractivity contribution >= 4 is 23.4 Å². The molecule has 0 aliphatic rings. The summed E-state index contributed by atoms with van der Waals surface area (Å²) < 4.78 is 0. The lowest BCUT2D eigenvalue weighted by Gasteiger charge is -2.13. The summed E-state index contributed by atoms with van der Waals surface area (Å²) in [6, 6.07) is 12.6. The minimum Gasteiger partial charge on any atom is -0.310 e. The molecule has 1 N–H and O–H groups in total. The molecule has 112 valence electrons. The average Bonchev–Trinajstić information content (AvgIpc) is 2.52. The van der Waals surface area contributed by atoms with Gasteiger partial charge in [0.2, 0.25) is 0 Å². The number of hydrogen-bond acceptors (Lipinski definition) is 3. The molecular weight excluding hydrogens is 300 g/mol. The van der Waals surface area contributed by atoms with Crippen LogP contribution in [0.3, 0.4) is 0 Å². The number of rotatable bonds is 7. The normalized spacial score (nSPS) is 12.3. The Bertz CT molecular complexity index is 540. The van der Waals surface area contributed by atoms with Crippen LogP contribution >= 0.6 is 23.4 Å². The number of halogens is 1. The highest BCUT2D eigenvalue weighted by Gasteiger charge is 2.05. The van der Waals surface area contributed by atoms with Crippen molar-refractivity contribution in [1.82, 2.24) is 10.3 Å². The molecular formula is C17H21ClN2S. The maximum atomic E-state index is 5.89. The van der Waals surface area contributed by atoms with Gasteiger partial charge in [0.15, 0.2) is 0 Å². The van der Waals surface area contributed by atoms with Crippen LogP contribution in [0.2, 0.25) is 5.02 Å². The van der Waals surface area contributed by atoms with Crippen LogP contribution in [0, 0.1) is 0 Å². The molecule has 1 atom stereocenters. The first kappa shape index (κ1) is 16.3. The van der Waals surface area contributed by atoms with Crippen LogP contribution < -0.4 is 5.32 Å². The summed E-state index contributed by atoms with van der Waals surface area (Å²) in [7, 11) is 0. The van der Waals surface area contributed by atoms with Gasteiger partial charge in [0.1, 0.15) is 0 Å². The van der Waals surface area contributed by atoms with Crippen LogP contribution in [-0.4, -0.2) is 11.5 Å². The van der Waals surface area contributed by atoms with Crippen LogP contribution in [0.15, 0.2) is 47.6 Å². The van der Waals surface area contributed by atoms with Crippen LogP contribution in [0.25, 0.3) is 0 Å². The molecule has 0 fully saturated rings.